The van der Waals surface area contributed by atoms with Crippen molar-refractivity contribution in [1.29, 1.82) is 0 Å². The number of nitrogens with zero attached hydrogens (tertiary/aromatic N) is 2. The number of carboxylic acids is 1. The number of amides is 2. The number of unbranched alkanes of at least 4 members (excludes halogenated alkanes) is 2. The van der Waals surface area contributed by atoms with E-state index in [-0.39, 0.29) is 30.1 Å². The highest BCUT2D eigenvalue weighted by molar-refractivity contribution is 6.03. The van der Waals surface area contributed by atoms with E-state index in [1.807, 2.05) is 0 Å². The third-order valence-corrected chi connectivity index (χ3v) is 4.67. The topological polar surface area (TPSA) is 87.0 Å². The predicted molar refractivity (Wildman–Crippen MR) is 93.0 cm³/mol. The van der Waals surface area contributed by atoms with Crippen molar-refractivity contribution >= 4 is 24.5 Å². The molecule has 0 radical (unpaired) electrons. The molecule has 1 rings (SSSR count). The van der Waals surface area contributed by atoms with Gasteiger partial charge in [0.25, 0.3) is 0 Å². The Morgan fingerprint density at radius 2 is 2.04 bits per heavy atom. The van der Waals surface area contributed by atoms with E-state index in [4.69, 9.17) is 5.11 Å². The van der Waals surface area contributed by atoms with Gasteiger partial charge in [0.1, 0.15) is 0 Å². The molecule has 1 heterocycles. The van der Waals surface area contributed by atoms with Crippen LogP contribution in [-0.4, -0.2) is 47.6 Å². The van der Waals surface area contributed by atoms with E-state index in [2.05, 4.69) is 18.6 Å². The molecule has 0 aromatic rings. The maximum absolute atomic E-state index is 12.6. The van der Waals surface area contributed by atoms with Gasteiger partial charge in [-0.15, -0.1) is 0 Å². The lowest BCUT2D eigenvalue weighted by Crippen LogP contribution is -2.33. The SMILES string of the molecule is C=NCCCC(CCC)C1CC(=O)N(CCCCCC(=O)O)C1=O. The normalized spacial score (nSPS) is 18.9. The van der Waals surface area contributed by atoms with Crippen molar-refractivity contribution in [3.05, 3.63) is 0 Å². The fourth-order valence-corrected chi connectivity index (χ4v) is 3.42. The first kappa shape index (κ1) is 20.3. The lowest BCUT2D eigenvalue weighted by molar-refractivity contribution is -0.140. The Kier molecular flexibility index (Phi) is 9.27. The molecule has 1 aliphatic heterocycles. The molecule has 2 unspecified atom stereocenters. The van der Waals surface area contributed by atoms with Crippen LogP contribution in [0.25, 0.3) is 0 Å². The number of carboxylic acid groups (broad SMARTS) is 1. The van der Waals surface area contributed by atoms with Crippen molar-refractivity contribution in [2.75, 3.05) is 13.1 Å². The summed E-state index contributed by atoms with van der Waals surface area (Å²) in [5.41, 5.74) is 0. The van der Waals surface area contributed by atoms with Gasteiger partial charge in [0.05, 0.1) is 5.92 Å². The van der Waals surface area contributed by atoms with E-state index < -0.39 is 5.97 Å². The highest BCUT2D eigenvalue weighted by Crippen LogP contribution is 2.33. The van der Waals surface area contributed by atoms with Crippen molar-refractivity contribution in [2.45, 2.75) is 64.7 Å². The number of carbonyl (C=O) groups is 3. The number of carbonyl (C=O) groups excluding carboxylic acids is 2. The number of imide groups is 1. The Labute approximate surface area is 144 Å². The number of aliphatic carboxylic acids is 1. The monoisotopic (exact) mass is 338 g/mol. The van der Waals surface area contributed by atoms with Gasteiger partial charge in [-0.3, -0.25) is 19.3 Å². The van der Waals surface area contributed by atoms with Crippen LogP contribution >= 0.6 is 0 Å². The first-order chi connectivity index (χ1) is 11.5. The Balaban J connectivity index is 2.50. The van der Waals surface area contributed by atoms with E-state index in [0.29, 0.717) is 32.4 Å². The van der Waals surface area contributed by atoms with E-state index in [1.165, 1.54) is 4.90 Å². The van der Waals surface area contributed by atoms with Crippen LogP contribution in [0, 0.1) is 11.8 Å². The molecule has 136 valence electrons. The highest BCUT2D eigenvalue weighted by atomic mass is 16.4. The first-order valence-corrected chi connectivity index (χ1v) is 8.99. The van der Waals surface area contributed by atoms with Gasteiger partial charge in [-0.25, -0.2) is 0 Å². The van der Waals surface area contributed by atoms with Gasteiger partial charge in [0.2, 0.25) is 11.8 Å². The molecule has 6 heteroatoms. The molecule has 2 atom stereocenters. The molecule has 1 fully saturated rings. The summed E-state index contributed by atoms with van der Waals surface area (Å²) >= 11 is 0. The maximum atomic E-state index is 12.6. The van der Waals surface area contributed by atoms with Crippen LogP contribution in [0.2, 0.25) is 0 Å². The molecule has 1 aliphatic rings. The zero-order valence-corrected chi connectivity index (χ0v) is 14.7. The molecule has 0 aliphatic carbocycles. The van der Waals surface area contributed by atoms with Crippen molar-refractivity contribution in [2.24, 2.45) is 16.8 Å². The van der Waals surface area contributed by atoms with Gasteiger partial charge in [0.15, 0.2) is 0 Å². The Morgan fingerprint density at radius 1 is 1.29 bits per heavy atom. The van der Waals surface area contributed by atoms with E-state index in [1.54, 1.807) is 0 Å². The van der Waals surface area contributed by atoms with Gasteiger partial charge in [0, 0.05) is 25.9 Å². The average Bonchev–Trinajstić information content (AvgIpc) is 2.81. The van der Waals surface area contributed by atoms with Crippen molar-refractivity contribution in [3.63, 3.8) is 0 Å². The third kappa shape index (κ3) is 6.42. The van der Waals surface area contributed by atoms with Gasteiger partial charge in [-0.1, -0.05) is 19.8 Å². The summed E-state index contributed by atoms with van der Waals surface area (Å²) in [6.45, 7) is 6.70. The van der Waals surface area contributed by atoms with E-state index in [0.717, 1.165) is 32.1 Å². The number of likely N-dealkylation sites (tertiary alicyclic amines) is 1. The molecular weight excluding hydrogens is 308 g/mol. The second-order valence-corrected chi connectivity index (χ2v) is 6.54. The molecule has 0 aromatic carbocycles. The molecule has 1 saturated heterocycles. The zero-order valence-electron chi connectivity index (χ0n) is 14.7. The number of hydrogen-bond donors (Lipinski definition) is 1. The van der Waals surface area contributed by atoms with Gasteiger partial charge < -0.3 is 10.1 Å². The molecule has 0 bridgehead atoms. The fourth-order valence-electron chi connectivity index (χ4n) is 3.42. The maximum Gasteiger partial charge on any atom is 0.303 e. The van der Waals surface area contributed by atoms with Crippen LogP contribution in [-0.2, 0) is 14.4 Å². The summed E-state index contributed by atoms with van der Waals surface area (Å²) in [4.78, 5) is 40.5. The largest absolute Gasteiger partial charge is 0.481 e. The van der Waals surface area contributed by atoms with E-state index in [9.17, 15) is 14.4 Å². The molecule has 0 aromatic heterocycles. The van der Waals surface area contributed by atoms with Crippen LogP contribution in [0.1, 0.15) is 64.7 Å². The summed E-state index contributed by atoms with van der Waals surface area (Å²) in [5, 5.41) is 8.61. The van der Waals surface area contributed by atoms with Gasteiger partial charge in [-0.05, 0) is 44.7 Å². The molecule has 2 amide bonds. The second-order valence-electron chi connectivity index (χ2n) is 6.54. The summed E-state index contributed by atoms with van der Waals surface area (Å²) in [6, 6.07) is 0. The van der Waals surface area contributed by atoms with Crippen molar-refractivity contribution in [1.82, 2.24) is 4.90 Å². The lowest BCUT2D eigenvalue weighted by atomic mass is 9.84. The molecule has 1 N–H and O–H groups in total. The minimum Gasteiger partial charge on any atom is -0.481 e. The Morgan fingerprint density at radius 3 is 2.67 bits per heavy atom. The fraction of sp³-hybridized carbons (Fsp3) is 0.778. The summed E-state index contributed by atoms with van der Waals surface area (Å²) in [5.74, 6) is -0.874. The van der Waals surface area contributed by atoms with Gasteiger partial charge >= 0.3 is 5.97 Å². The number of aliphatic imine (C=N–C) groups is 1. The minimum absolute atomic E-state index is 0.0387. The van der Waals surface area contributed by atoms with Crippen molar-refractivity contribution in [3.8, 4) is 0 Å². The molecule has 6 nitrogen and oxygen atoms in total. The zero-order chi connectivity index (χ0) is 17.9. The van der Waals surface area contributed by atoms with Crippen LogP contribution < -0.4 is 0 Å². The Hall–Kier alpha value is -1.72. The molecule has 24 heavy (non-hydrogen) atoms. The minimum atomic E-state index is -0.806. The highest BCUT2D eigenvalue weighted by Gasteiger charge is 2.41. The van der Waals surface area contributed by atoms with Crippen LogP contribution in [0.3, 0.4) is 0 Å². The molecule has 0 spiro atoms. The quantitative estimate of drug-likeness (QED) is 0.318. The summed E-state index contributed by atoms with van der Waals surface area (Å²) in [6.07, 6.45) is 6.20. The van der Waals surface area contributed by atoms with Crippen molar-refractivity contribution < 1.29 is 19.5 Å². The summed E-state index contributed by atoms with van der Waals surface area (Å²) < 4.78 is 0. The Bertz CT molecular complexity index is 450. The van der Waals surface area contributed by atoms with Crippen LogP contribution in [0.5, 0.6) is 0 Å². The first-order valence-electron chi connectivity index (χ1n) is 8.99. The predicted octanol–water partition coefficient (Wildman–Crippen LogP) is 2.90. The lowest BCUT2D eigenvalue weighted by Gasteiger charge is -2.22. The molecular formula is C18H30N2O4. The standard InChI is InChI=1S/C18H30N2O4/c1-3-8-14(9-7-11-19-2)15-13-16(21)20(18(15)24)12-6-4-5-10-17(22)23/h14-15H,2-13H2,1H3,(H,22,23). The molecule has 0 saturated carbocycles. The van der Waals surface area contributed by atoms with Crippen LogP contribution in [0.15, 0.2) is 4.99 Å². The smallest absolute Gasteiger partial charge is 0.303 e. The third-order valence-electron chi connectivity index (χ3n) is 4.67. The van der Waals surface area contributed by atoms with E-state index >= 15 is 0 Å². The van der Waals surface area contributed by atoms with Crippen LogP contribution in [0.4, 0.5) is 0 Å². The number of rotatable bonds is 13. The average molecular weight is 338 g/mol. The van der Waals surface area contributed by atoms with Gasteiger partial charge in [-0.2, -0.15) is 0 Å². The number of hydrogen-bond acceptors (Lipinski definition) is 4. The second kappa shape index (κ2) is 10.9. The summed E-state index contributed by atoms with van der Waals surface area (Å²) in [7, 11) is 0.